The fourth-order valence-electron chi connectivity index (χ4n) is 1.94. The van der Waals surface area contributed by atoms with Crippen LogP contribution < -0.4 is 5.56 Å². The largest absolute Gasteiger partial charge is 0.395 e. The molecule has 1 aromatic heterocycles. The monoisotopic (exact) mass is 272 g/mol. The Morgan fingerprint density at radius 3 is 2.60 bits per heavy atom. The molecule has 5 heteroatoms. The van der Waals surface area contributed by atoms with Crippen LogP contribution in [0.5, 0.6) is 0 Å². The Hall–Kier alpha value is -2.40. The standard InChI is InChI=1S/C15H16N2O3/c18-9-8-17(11-12-4-2-1-3-5-12)15(20)13-6-7-16-14(19)10-13/h1-7,10,18H,8-9,11H2,(H,16,19). The van der Waals surface area contributed by atoms with Crippen molar-refractivity contribution >= 4 is 5.91 Å². The van der Waals surface area contributed by atoms with Gasteiger partial charge in [0.1, 0.15) is 0 Å². The van der Waals surface area contributed by atoms with Crippen LogP contribution >= 0.6 is 0 Å². The molecule has 0 unspecified atom stereocenters. The predicted octanol–water partition coefficient (Wildman–Crippen LogP) is 1.01. The van der Waals surface area contributed by atoms with E-state index in [-0.39, 0.29) is 24.6 Å². The fraction of sp³-hybridized carbons (Fsp3) is 0.200. The molecule has 0 atom stereocenters. The highest BCUT2D eigenvalue weighted by Crippen LogP contribution is 2.08. The number of hydrogen-bond donors (Lipinski definition) is 2. The zero-order chi connectivity index (χ0) is 14.4. The number of benzene rings is 1. The first-order chi connectivity index (χ1) is 9.70. The zero-order valence-corrected chi connectivity index (χ0v) is 11.0. The molecule has 5 nitrogen and oxygen atoms in total. The lowest BCUT2D eigenvalue weighted by atomic mass is 10.2. The minimum atomic E-state index is -0.320. The van der Waals surface area contributed by atoms with E-state index in [1.165, 1.54) is 17.2 Å². The van der Waals surface area contributed by atoms with Crippen molar-refractivity contribution in [2.24, 2.45) is 0 Å². The van der Waals surface area contributed by atoms with Crippen molar-refractivity contribution in [3.05, 3.63) is 70.1 Å². The molecule has 1 amide bonds. The molecule has 2 N–H and O–H groups in total. The summed E-state index contributed by atoms with van der Waals surface area (Å²) in [6.45, 7) is 0.495. The molecule has 1 heterocycles. The van der Waals surface area contributed by atoms with Crippen LogP contribution in [0.3, 0.4) is 0 Å². The Morgan fingerprint density at radius 2 is 1.95 bits per heavy atom. The van der Waals surface area contributed by atoms with Crippen molar-refractivity contribution in [1.82, 2.24) is 9.88 Å². The topological polar surface area (TPSA) is 73.4 Å². The number of rotatable bonds is 5. The summed E-state index contributed by atoms with van der Waals surface area (Å²) >= 11 is 0. The second kappa shape index (κ2) is 6.68. The molecule has 104 valence electrons. The average molecular weight is 272 g/mol. The van der Waals surface area contributed by atoms with Crippen LogP contribution in [0.15, 0.2) is 53.5 Å². The van der Waals surface area contributed by atoms with E-state index in [1.807, 2.05) is 30.3 Å². The van der Waals surface area contributed by atoms with Crippen molar-refractivity contribution in [1.29, 1.82) is 0 Å². The third-order valence-corrected chi connectivity index (χ3v) is 2.90. The number of aliphatic hydroxyl groups is 1. The Kier molecular flexibility index (Phi) is 4.68. The summed E-state index contributed by atoms with van der Waals surface area (Å²) in [5.74, 6) is -0.269. The van der Waals surface area contributed by atoms with Crippen LogP contribution in [0, 0.1) is 0 Å². The quantitative estimate of drug-likeness (QED) is 0.853. The van der Waals surface area contributed by atoms with E-state index in [0.29, 0.717) is 12.1 Å². The number of carbonyl (C=O) groups excluding carboxylic acids is 1. The second-order valence-corrected chi connectivity index (χ2v) is 4.38. The van der Waals surface area contributed by atoms with E-state index in [2.05, 4.69) is 4.98 Å². The molecule has 0 aliphatic heterocycles. The fourth-order valence-corrected chi connectivity index (χ4v) is 1.94. The average Bonchev–Trinajstić information content (AvgIpc) is 2.47. The van der Waals surface area contributed by atoms with Gasteiger partial charge in [-0.1, -0.05) is 30.3 Å². The summed E-state index contributed by atoms with van der Waals surface area (Å²) in [5, 5.41) is 9.10. The van der Waals surface area contributed by atoms with Crippen LogP contribution in [0.25, 0.3) is 0 Å². The highest BCUT2D eigenvalue weighted by Gasteiger charge is 2.15. The van der Waals surface area contributed by atoms with Gasteiger partial charge in [0.15, 0.2) is 0 Å². The lowest BCUT2D eigenvalue weighted by molar-refractivity contribution is 0.0707. The Bertz CT molecular complexity index is 622. The van der Waals surface area contributed by atoms with Crippen LogP contribution in [0.2, 0.25) is 0 Å². The van der Waals surface area contributed by atoms with Gasteiger partial charge in [-0.2, -0.15) is 0 Å². The minimum absolute atomic E-state index is 0.123. The number of amides is 1. The summed E-state index contributed by atoms with van der Waals surface area (Å²) < 4.78 is 0. The van der Waals surface area contributed by atoms with Crippen molar-refractivity contribution < 1.29 is 9.90 Å². The molecular formula is C15H16N2O3. The minimum Gasteiger partial charge on any atom is -0.395 e. The lowest BCUT2D eigenvalue weighted by Gasteiger charge is -2.21. The van der Waals surface area contributed by atoms with E-state index in [4.69, 9.17) is 5.11 Å². The molecule has 2 aromatic rings. The number of nitrogens with zero attached hydrogens (tertiary/aromatic N) is 1. The number of carbonyl (C=O) groups is 1. The van der Waals surface area contributed by atoms with Crippen molar-refractivity contribution in [2.45, 2.75) is 6.54 Å². The molecule has 0 fully saturated rings. The normalized spacial score (nSPS) is 10.2. The predicted molar refractivity (Wildman–Crippen MR) is 75.3 cm³/mol. The molecule has 0 aliphatic carbocycles. The van der Waals surface area contributed by atoms with Gasteiger partial charge in [0, 0.05) is 30.9 Å². The number of pyridine rings is 1. The Morgan fingerprint density at radius 1 is 1.20 bits per heavy atom. The van der Waals surface area contributed by atoms with E-state index in [1.54, 1.807) is 6.07 Å². The number of aromatic amines is 1. The van der Waals surface area contributed by atoms with Gasteiger partial charge >= 0.3 is 0 Å². The van der Waals surface area contributed by atoms with Crippen LogP contribution in [-0.2, 0) is 6.54 Å². The molecule has 2 rings (SSSR count). The molecule has 0 aliphatic rings. The number of hydrogen-bond acceptors (Lipinski definition) is 3. The summed E-state index contributed by atoms with van der Waals surface area (Å²) in [6, 6.07) is 12.3. The van der Waals surface area contributed by atoms with Gasteiger partial charge in [-0.15, -0.1) is 0 Å². The van der Waals surface area contributed by atoms with Gasteiger partial charge in [0.05, 0.1) is 6.61 Å². The summed E-state index contributed by atoms with van der Waals surface area (Å²) in [7, 11) is 0. The van der Waals surface area contributed by atoms with Crippen molar-refractivity contribution in [2.75, 3.05) is 13.2 Å². The number of H-pyrrole nitrogens is 1. The smallest absolute Gasteiger partial charge is 0.254 e. The summed E-state index contributed by atoms with van der Waals surface area (Å²) in [4.78, 5) is 27.6. The van der Waals surface area contributed by atoms with Gasteiger partial charge in [-0.05, 0) is 11.6 Å². The summed E-state index contributed by atoms with van der Waals surface area (Å²) in [5.41, 5.74) is 0.969. The van der Waals surface area contributed by atoms with Crippen LogP contribution in [0.4, 0.5) is 0 Å². The number of nitrogens with one attached hydrogen (secondary N) is 1. The molecule has 0 bridgehead atoms. The molecule has 20 heavy (non-hydrogen) atoms. The lowest BCUT2D eigenvalue weighted by Crippen LogP contribution is -2.33. The third-order valence-electron chi connectivity index (χ3n) is 2.90. The van der Waals surface area contributed by atoms with Gasteiger partial charge in [0.25, 0.3) is 5.91 Å². The van der Waals surface area contributed by atoms with Crippen molar-refractivity contribution in [3.8, 4) is 0 Å². The number of aromatic nitrogens is 1. The zero-order valence-electron chi connectivity index (χ0n) is 11.0. The van der Waals surface area contributed by atoms with Crippen LogP contribution in [0.1, 0.15) is 15.9 Å². The van der Waals surface area contributed by atoms with E-state index < -0.39 is 0 Å². The maximum Gasteiger partial charge on any atom is 0.254 e. The highest BCUT2D eigenvalue weighted by molar-refractivity contribution is 5.94. The van der Waals surface area contributed by atoms with E-state index in [9.17, 15) is 9.59 Å². The summed E-state index contributed by atoms with van der Waals surface area (Å²) in [6.07, 6.45) is 1.44. The van der Waals surface area contributed by atoms with E-state index >= 15 is 0 Å². The van der Waals surface area contributed by atoms with Crippen LogP contribution in [-0.4, -0.2) is 34.0 Å². The first-order valence-electron chi connectivity index (χ1n) is 6.33. The molecule has 0 saturated heterocycles. The maximum absolute atomic E-state index is 12.4. The van der Waals surface area contributed by atoms with Gasteiger partial charge in [-0.25, -0.2) is 0 Å². The molecule has 1 aromatic carbocycles. The van der Waals surface area contributed by atoms with Gasteiger partial charge < -0.3 is 15.0 Å². The SMILES string of the molecule is O=C(c1cc[nH]c(=O)c1)N(CCO)Cc1ccccc1. The first kappa shape index (κ1) is 14.0. The second-order valence-electron chi connectivity index (χ2n) is 4.38. The Balaban J connectivity index is 2.20. The van der Waals surface area contributed by atoms with E-state index in [0.717, 1.165) is 5.56 Å². The Labute approximate surface area is 116 Å². The molecule has 0 radical (unpaired) electrons. The van der Waals surface area contributed by atoms with Crippen molar-refractivity contribution in [3.63, 3.8) is 0 Å². The highest BCUT2D eigenvalue weighted by atomic mass is 16.3. The third kappa shape index (κ3) is 3.55. The van der Waals surface area contributed by atoms with Gasteiger partial charge in [0.2, 0.25) is 5.56 Å². The molecule has 0 saturated carbocycles. The first-order valence-corrected chi connectivity index (χ1v) is 6.33. The molecule has 0 spiro atoms. The van der Waals surface area contributed by atoms with Gasteiger partial charge in [-0.3, -0.25) is 9.59 Å². The molecular weight excluding hydrogens is 256 g/mol. The number of aliphatic hydroxyl groups excluding tert-OH is 1. The maximum atomic E-state index is 12.4.